The highest BCUT2D eigenvalue weighted by molar-refractivity contribution is 7.47. The number of aliphatic hydroxyl groups is 1. The van der Waals surface area contributed by atoms with Gasteiger partial charge in [-0.15, -0.1) is 0 Å². The monoisotopic (exact) mass is 1410 g/mol. The van der Waals surface area contributed by atoms with E-state index in [0.29, 0.717) is 25.7 Å². The van der Waals surface area contributed by atoms with Gasteiger partial charge in [0.2, 0.25) is 0 Å². The first-order chi connectivity index (χ1) is 46.3. The second-order valence-electron chi connectivity index (χ2n) is 28.5. The lowest BCUT2D eigenvalue weighted by Crippen LogP contribution is -2.30. The number of unbranched alkanes of at least 4 members (excludes halogenated alkanes) is 40. The van der Waals surface area contributed by atoms with Crippen LogP contribution in [0.1, 0.15) is 395 Å². The molecule has 0 aromatic carbocycles. The lowest BCUT2D eigenvalue weighted by atomic mass is 9.99. The van der Waals surface area contributed by atoms with Crippen molar-refractivity contribution in [3.05, 3.63) is 0 Å². The van der Waals surface area contributed by atoms with Crippen molar-refractivity contribution in [3.63, 3.8) is 0 Å². The number of esters is 4. The Morgan fingerprint density at radius 2 is 0.500 bits per heavy atom. The van der Waals surface area contributed by atoms with Gasteiger partial charge in [-0.3, -0.25) is 37.3 Å². The number of rotatable bonds is 75. The highest BCUT2D eigenvalue weighted by atomic mass is 31.2. The van der Waals surface area contributed by atoms with Crippen LogP contribution in [0.25, 0.3) is 0 Å². The van der Waals surface area contributed by atoms with Gasteiger partial charge in [0.25, 0.3) is 0 Å². The smallest absolute Gasteiger partial charge is 0.462 e. The Morgan fingerprint density at radius 1 is 0.292 bits per heavy atom. The molecule has 17 nitrogen and oxygen atoms in total. The molecule has 0 aliphatic heterocycles. The molecule has 0 heterocycles. The van der Waals surface area contributed by atoms with Gasteiger partial charge in [0.15, 0.2) is 12.2 Å². The Labute approximate surface area is 588 Å². The molecule has 0 aliphatic carbocycles. The summed E-state index contributed by atoms with van der Waals surface area (Å²) in [5.41, 5.74) is 0. The highest BCUT2D eigenvalue weighted by Gasteiger charge is 2.30. The van der Waals surface area contributed by atoms with Crippen LogP contribution in [0.4, 0.5) is 0 Å². The van der Waals surface area contributed by atoms with E-state index in [0.717, 1.165) is 114 Å². The summed E-state index contributed by atoms with van der Waals surface area (Å²) in [4.78, 5) is 72.9. The maximum Gasteiger partial charge on any atom is 0.472 e. The minimum absolute atomic E-state index is 0.104. The average molecular weight is 1410 g/mol. The van der Waals surface area contributed by atoms with E-state index >= 15 is 0 Å². The Bertz CT molecular complexity index is 1880. The summed E-state index contributed by atoms with van der Waals surface area (Å²) < 4.78 is 68.6. The second kappa shape index (κ2) is 67.5. The zero-order valence-electron chi connectivity index (χ0n) is 62.8. The van der Waals surface area contributed by atoms with Crippen LogP contribution in [0.3, 0.4) is 0 Å². The molecular weight excluding hydrogens is 1260 g/mol. The summed E-state index contributed by atoms with van der Waals surface area (Å²) in [6.45, 7) is 11.9. The topological polar surface area (TPSA) is 237 Å². The molecule has 0 aliphatic rings. The van der Waals surface area contributed by atoms with E-state index in [-0.39, 0.29) is 25.7 Å². The van der Waals surface area contributed by atoms with Crippen LogP contribution in [0.15, 0.2) is 0 Å². The summed E-state index contributed by atoms with van der Waals surface area (Å²) in [6.07, 6.45) is 54.0. The van der Waals surface area contributed by atoms with E-state index in [1.807, 2.05) is 0 Å². The summed E-state index contributed by atoms with van der Waals surface area (Å²) in [5.74, 6) is 0.228. The van der Waals surface area contributed by atoms with Gasteiger partial charge < -0.3 is 33.8 Å². The summed E-state index contributed by atoms with van der Waals surface area (Å²) >= 11 is 0. The van der Waals surface area contributed by atoms with E-state index in [1.165, 1.54) is 199 Å². The molecule has 19 heteroatoms. The normalized spacial score (nSPS) is 14.9. The summed E-state index contributed by atoms with van der Waals surface area (Å²) in [6, 6.07) is 0. The number of carbonyl (C=O) groups excluding carboxylic acids is 4. The zero-order valence-corrected chi connectivity index (χ0v) is 64.6. The lowest BCUT2D eigenvalue weighted by Gasteiger charge is -2.21. The fraction of sp³-hybridized carbons (Fsp3) is 0.948. The van der Waals surface area contributed by atoms with E-state index in [9.17, 15) is 43.2 Å². The van der Waals surface area contributed by atoms with Crippen molar-refractivity contribution in [2.75, 3.05) is 39.6 Å². The van der Waals surface area contributed by atoms with Crippen molar-refractivity contribution in [2.24, 2.45) is 17.8 Å². The van der Waals surface area contributed by atoms with E-state index in [1.54, 1.807) is 0 Å². The molecule has 0 amide bonds. The van der Waals surface area contributed by atoms with Gasteiger partial charge in [0.05, 0.1) is 26.4 Å². The summed E-state index contributed by atoms with van der Waals surface area (Å²) in [5, 5.41) is 10.6. The van der Waals surface area contributed by atoms with Crippen molar-refractivity contribution in [1.29, 1.82) is 0 Å². The third-order valence-corrected chi connectivity index (χ3v) is 20.9. The van der Waals surface area contributed by atoms with Gasteiger partial charge in [-0.1, -0.05) is 344 Å². The first-order valence-electron chi connectivity index (χ1n) is 40.0. The first-order valence-corrected chi connectivity index (χ1v) is 43.0. The molecule has 0 bridgehead atoms. The van der Waals surface area contributed by atoms with Gasteiger partial charge in [-0.25, -0.2) is 9.13 Å². The maximum atomic E-state index is 13.1. The molecule has 570 valence electrons. The van der Waals surface area contributed by atoms with Crippen LogP contribution in [-0.4, -0.2) is 96.7 Å². The molecule has 0 radical (unpaired) electrons. The van der Waals surface area contributed by atoms with E-state index < -0.39 is 97.5 Å². The number of hydrogen-bond donors (Lipinski definition) is 3. The SMILES string of the molecule is CCCCCCCCCCCCCCCCCCC(=O)OC[C@H](COP(=O)(O)OC[C@@H](O)COP(=O)(O)OC[C@@H](COC(=O)CCCCCCCCC(C)CC)OC(=O)CCCCCCCCCCC(C)CC)OC(=O)CCCCCCCCCCCCCCCCC(C)CC. The second-order valence-corrected chi connectivity index (χ2v) is 31.4. The molecule has 96 heavy (non-hydrogen) atoms. The molecular formula is C77H150O17P2. The molecule has 0 aromatic rings. The quantitative estimate of drug-likeness (QED) is 0.0222. The number of carbonyl (C=O) groups is 4. The molecule has 0 spiro atoms. The molecule has 0 rings (SSSR count). The van der Waals surface area contributed by atoms with Crippen LogP contribution in [-0.2, 0) is 65.4 Å². The number of aliphatic hydroxyl groups excluding tert-OH is 1. The van der Waals surface area contributed by atoms with E-state index in [2.05, 4.69) is 48.5 Å². The average Bonchev–Trinajstić information content (AvgIpc) is 1.74. The van der Waals surface area contributed by atoms with Gasteiger partial charge >= 0.3 is 39.5 Å². The summed E-state index contributed by atoms with van der Waals surface area (Å²) in [7, 11) is -9.91. The van der Waals surface area contributed by atoms with Gasteiger partial charge in [0.1, 0.15) is 19.3 Å². The predicted molar refractivity (Wildman–Crippen MR) is 391 cm³/mol. The fourth-order valence-corrected chi connectivity index (χ4v) is 13.3. The minimum Gasteiger partial charge on any atom is -0.462 e. The first kappa shape index (κ1) is 94.1. The molecule has 0 fully saturated rings. The minimum atomic E-state index is -4.96. The van der Waals surface area contributed by atoms with Crippen LogP contribution in [0.2, 0.25) is 0 Å². The Balaban J connectivity index is 5.25. The number of hydrogen-bond acceptors (Lipinski definition) is 15. The largest absolute Gasteiger partial charge is 0.472 e. The van der Waals surface area contributed by atoms with Crippen LogP contribution in [0.5, 0.6) is 0 Å². The Morgan fingerprint density at radius 3 is 0.740 bits per heavy atom. The third kappa shape index (κ3) is 66.6. The number of phosphoric ester groups is 2. The van der Waals surface area contributed by atoms with Crippen LogP contribution >= 0.6 is 15.6 Å². The van der Waals surface area contributed by atoms with Gasteiger partial charge in [0, 0.05) is 25.7 Å². The zero-order chi connectivity index (χ0) is 70.9. The van der Waals surface area contributed by atoms with E-state index in [4.69, 9.17) is 37.0 Å². The van der Waals surface area contributed by atoms with Crippen LogP contribution < -0.4 is 0 Å². The highest BCUT2D eigenvalue weighted by Crippen LogP contribution is 2.45. The maximum absolute atomic E-state index is 13.1. The third-order valence-electron chi connectivity index (χ3n) is 19.0. The van der Waals surface area contributed by atoms with Crippen molar-refractivity contribution in [2.45, 2.75) is 414 Å². The molecule has 8 atom stereocenters. The Hall–Kier alpha value is -1.94. The Kier molecular flexibility index (Phi) is 66.2. The molecule has 0 aromatic heterocycles. The molecule has 0 saturated carbocycles. The lowest BCUT2D eigenvalue weighted by molar-refractivity contribution is -0.161. The molecule has 0 saturated heterocycles. The van der Waals surface area contributed by atoms with Crippen molar-refractivity contribution in [1.82, 2.24) is 0 Å². The molecule has 3 N–H and O–H groups in total. The fourth-order valence-electron chi connectivity index (χ4n) is 11.7. The molecule has 5 unspecified atom stereocenters. The van der Waals surface area contributed by atoms with Crippen molar-refractivity contribution >= 4 is 39.5 Å². The van der Waals surface area contributed by atoms with Crippen molar-refractivity contribution in [3.8, 4) is 0 Å². The predicted octanol–water partition coefficient (Wildman–Crippen LogP) is 22.6. The van der Waals surface area contributed by atoms with Gasteiger partial charge in [-0.05, 0) is 43.4 Å². The number of ether oxygens (including phenoxy) is 4. The van der Waals surface area contributed by atoms with Crippen molar-refractivity contribution < 1.29 is 80.2 Å². The van der Waals surface area contributed by atoms with Crippen LogP contribution in [0, 0.1) is 17.8 Å². The van der Waals surface area contributed by atoms with Gasteiger partial charge in [-0.2, -0.15) is 0 Å². The number of phosphoric acid groups is 2. The standard InChI is InChI=1S/C77H150O17P2/c1-8-12-13-14-15-16-17-18-19-20-24-27-30-36-44-51-58-74(79)87-64-72(93-76(81)60-53-46-37-31-28-25-22-21-23-26-29-34-41-48-55-68(5)9-2)66-91-95(83,84)89-62-71(78)63-90-96(85,86)92-67-73(65-88-75(80)59-52-45-40-39-43-50-57-70(7)11-4)94-77(82)61-54-47-38-33-32-35-42-49-56-69(6)10-3/h68-73,78H,8-67H2,1-7H3,(H,83,84)(H,85,86)/t68?,69?,70?,71-,72-,73-/m1/s1.